The zero-order valence-corrected chi connectivity index (χ0v) is 23.4. The fourth-order valence-electron chi connectivity index (χ4n) is 5.45. The standard InChI is InChI=1S/C32H34N4O5/c1-3-39-32(38)23-6-10-25-26(18-23)34-31(37)29(25)30(22-7-11-27-28(19-22)41-17-16-40-27)33-24-8-4-21(5-9-24)20-36-14-12-35(2)13-15-36/h4-11,18-19,29H,3,12-17,20H2,1-2H3,(H,34,37). The SMILES string of the molecule is CCOC(=O)c1ccc2c(c1)NC(=O)C2C(=Nc1ccc(CN2CCN(C)CC2)cc1)c1ccc2c(c1)OCCO2. The van der Waals surface area contributed by atoms with Crippen molar-refractivity contribution in [1.82, 2.24) is 9.80 Å². The molecule has 3 heterocycles. The smallest absolute Gasteiger partial charge is 0.338 e. The fraction of sp³-hybridized carbons (Fsp3) is 0.344. The Kier molecular flexibility index (Phi) is 7.71. The Balaban J connectivity index is 1.34. The summed E-state index contributed by atoms with van der Waals surface area (Å²) < 4.78 is 16.7. The molecule has 1 unspecified atom stereocenters. The van der Waals surface area contributed by atoms with Gasteiger partial charge in [0.15, 0.2) is 11.5 Å². The van der Waals surface area contributed by atoms with E-state index in [0.29, 0.717) is 41.7 Å². The number of piperazine rings is 1. The first-order chi connectivity index (χ1) is 20.0. The van der Waals surface area contributed by atoms with Crippen molar-refractivity contribution in [1.29, 1.82) is 0 Å². The number of benzene rings is 3. The highest BCUT2D eigenvalue weighted by Crippen LogP contribution is 2.39. The molecular formula is C32H34N4O5. The number of carbonyl (C=O) groups is 2. The highest BCUT2D eigenvalue weighted by Gasteiger charge is 2.36. The third-order valence-electron chi connectivity index (χ3n) is 7.69. The highest BCUT2D eigenvalue weighted by molar-refractivity contribution is 6.24. The molecular weight excluding hydrogens is 520 g/mol. The van der Waals surface area contributed by atoms with Crippen LogP contribution in [-0.4, -0.2) is 80.4 Å². The summed E-state index contributed by atoms with van der Waals surface area (Å²) in [5.74, 6) is -0.0104. The van der Waals surface area contributed by atoms with Crippen molar-refractivity contribution in [3.8, 4) is 11.5 Å². The first-order valence-corrected chi connectivity index (χ1v) is 14.1. The second-order valence-corrected chi connectivity index (χ2v) is 10.5. The van der Waals surface area contributed by atoms with E-state index in [1.165, 1.54) is 5.56 Å². The molecule has 212 valence electrons. The number of aliphatic imine (C=N–C) groups is 1. The molecule has 9 nitrogen and oxygen atoms in total. The van der Waals surface area contributed by atoms with E-state index < -0.39 is 11.9 Å². The second-order valence-electron chi connectivity index (χ2n) is 10.5. The molecule has 3 aliphatic rings. The van der Waals surface area contributed by atoms with Gasteiger partial charge in [-0.2, -0.15) is 0 Å². The Hall–Kier alpha value is -4.21. The second kappa shape index (κ2) is 11.7. The summed E-state index contributed by atoms with van der Waals surface area (Å²) in [5.41, 5.74) is 5.06. The minimum atomic E-state index is -0.672. The van der Waals surface area contributed by atoms with Gasteiger partial charge >= 0.3 is 5.97 Å². The molecule has 1 amide bonds. The Bertz CT molecular complexity index is 1480. The van der Waals surface area contributed by atoms with E-state index in [9.17, 15) is 9.59 Å². The molecule has 0 radical (unpaired) electrons. The van der Waals surface area contributed by atoms with Crippen molar-refractivity contribution in [2.75, 3.05) is 58.4 Å². The quantitative estimate of drug-likeness (QED) is 0.345. The number of likely N-dealkylation sites (N-methyl/N-ethyl adjacent to an activating group) is 1. The van der Waals surface area contributed by atoms with E-state index >= 15 is 0 Å². The lowest BCUT2D eigenvalue weighted by molar-refractivity contribution is -0.115. The van der Waals surface area contributed by atoms with Crippen LogP contribution in [0, 0.1) is 0 Å². The monoisotopic (exact) mass is 554 g/mol. The summed E-state index contributed by atoms with van der Waals surface area (Å²) in [6.45, 7) is 8.15. The lowest BCUT2D eigenvalue weighted by Gasteiger charge is -2.32. The van der Waals surface area contributed by atoms with Crippen LogP contribution in [0.15, 0.2) is 65.7 Å². The predicted molar refractivity (Wildman–Crippen MR) is 157 cm³/mol. The Morgan fingerprint density at radius 2 is 1.68 bits per heavy atom. The van der Waals surface area contributed by atoms with E-state index in [2.05, 4.69) is 34.3 Å². The number of carbonyl (C=O) groups excluding carboxylic acids is 2. The van der Waals surface area contributed by atoms with Crippen molar-refractivity contribution in [2.45, 2.75) is 19.4 Å². The van der Waals surface area contributed by atoms with Crippen LogP contribution in [-0.2, 0) is 16.1 Å². The van der Waals surface area contributed by atoms with E-state index in [-0.39, 0.29) is 12.5 Å². The molecule has 1 fully saturated rings. The number of amides is 1. The average Bonchev–Trinajstić information content (AvgIpc) is 3.32. The van der Waals surface area contributed by atoms with Gasteiger partial charge in [-0.15, -0.1) is 0 Å². The Labute approximate surface area is 239 Å². The Morgan fingerprint density at radius 1 is 0.951 bits per heavy atom. The van der Waals surface area contributed by atoms with Crippen molar-refractivity contribution in [2.24, 2.45) is 4.99 Å². The molecule has 1 saturated heterocycles. The van der Waals surface area contributed by atoms with Gasteiger partial charge in [-0.05, 0) is 67.6 Å². The van der Waals surface area contributed by atoms with E-state index in [0.717, 1.165) is 49.5 Å². The number of rotatable bonds is 7. The lowest BCUT2D eigenvalue weighted by atomic mass is 9.90. The summed E-state index contributed by atoms with van der Waals surface area (Å²) in [5, 5.41) is 2.95. The van der Waals surface area contributed by atoms with Crippen molar-refractivity contribution in [3.63, 3.8) is 0 Å². The zero-order chi connectivity index (χ0) is 28.3. The van der Waals surface area contributed by atoms with Gasteiger partial charge in [0.25, 0.3) is 0 Å². The van der Waals surface area contributed by atoms with Gasteiger partial charge in [0, 0.05) is 44.0 Å². The maximum Gasteiger partial charge on any atom is 0.338 e. The molecule has 3 aromatic rings. The van der Waals surface area contributed by atoms with Crippen molar-refractivity contribution < 1.29 is 23.8 Å². The number of anilines is 1. The number of esters is 1. The molecule has 0 saturated carbocycles. The molecule has 0 aliphatic carbocycles. The molecule has 0 aromatic heterocycles. The topological polar surface area (TPSA) is 92.7 Å². The molecule has 0 bridgehead atoms. The third-order valence-corrected chi connectivity index (χ3v) is 7.69. The van der Waals surface area contributed by atoms with Gasteiger partial charge in [-0.1, -0.05) is 18.2 Å². The number of hydrogen-bond donors (Lipinski definition) is 1. The van der Waals surface area contributed by atoms with Crippen LogP contribution in [0.5, 0.6) is 11.5 Å². The number of hydrogen-bond acceptors (Lipinski definition) is 8. The first-order valence-electron chi connectivity index (χ1n) is 14.1. The maximum absolute atomic E-state index is 13.5. The third kappa shape index (κ3) is 5.82. The van der Waals surface area contributed by atoms with Gasteiger partial charge in [0.05, 0.1) is 23.6 Å². The first kappa shape index (κ1) is 27.0. The van der Waals surface area contributed by atoms with Crippen molar-refractivity contribution >= 4 is 29.0 Å². The molecule has 3 aliphatic heterocycles. The Morgan fingerprint density at radius 3 is 2.44 bits per heavy atom. The van der Waals surface area contributed by atoms with Crippen LogP contribution >= 0.6 is 0 Å². The van der Waals surface area contributed by atoms with Crippen LogP contribution in [0.1, 0.15) is 39.9 Å². The van der Waals surface area contributed by atoms with E-state index in [4.69, 9.17) is 19.2 Å². The molecule has 0 spiro atoms. The summed E-state index contributed by atoms with van der Waals surface area (Å²) in [6, 6.07) is 19.0. The average molecular weight is 555 g/mol. The summed E-state index contributed by atoms with van der Waals surface area (Å²) in [7, 11) is 2.16. The molecule has 1 N–H and O–H groups in total. The normalized spacial score (nSPS) is 19.0. The molecule has 9 heteroatoms. The van der Waals surface area contributed by atoms with Crippen LogP contribution in [0.3, 0.4) is 0 Å². The maximum atomic E-state index is 13.5. The minimum absolute atomic E-state index is 0.207. The summed E-state index contributed by atoms with van der Waals surface area (Å²) >= 11 is 0. The number of nitrogens with one attached hydrogen (secondary N) is 1. The number of fused-ring (bicyclic) bond motifs is 2. The number of nitrogens with zero attached hydrogens (tertiary/aromatic N) is 3. The molecule has 6 rings (SSSR count). The minimum Gasteiger partial charge on any atom is -0.486 e. The van der Waals surface area contributed by atoms with Crippen LogP contribution < -0.4 is 14.8 Å². The van der Waals surface area contributed by atoms with Gasteiger partial charge in [0.2, 0.25) is 5.91 Å². The van der Waals surface area contributed by atoms with Crippen LogP contribution in [0.4, 0.5) is 11.4 Å². The fourth-order valence-corrected chi connectivity index (χ4v) is 5.45. The van der Waals surface area contributed by atoms with Crippen molar-refractivity contribution in [3.05, 3.63) is 82.9 Å². The molecule has 41 heavy (non-hydrogen) atoms. The van der Waals surface area contributed by atoms with Gasteiger partial charge < -0.3 is 24.4 Å². The van der Waals surface area contributed by atoms with E-state index in [1.54, 1.807) is 25.1 Å². The summed E-state index contributed by atoms with van der Waals surface area (Å²) in [4.78, 5) is 35.6. The van der Waals surface area contributed by atoms with Crippen LogP contribution in [0.2, 0.25) is 0 Å². The molecule has 3 aromatic carbocycles. The van der Waals surface area contributed by atoms with Gasteiger partial charge in [0.1, 0.15) is 19.1 Å². The summed E-state index contributed by atoms with van der Waals surface area (Å²) in [6.07, 6.45) is 0. The van der Waals surface area contributed by atoms with Gasteiger partial charge in [-0.3, -0.25) is 14.7 Å². The largest absolute Gasteiger partial charge is 0.486 e. The predicted octanol–water partition coefficient (Wildman–Crippen LogP) is 4.24. The van der Waals surface area contributed by atoms with Crippen LogP contribution in [0.25, 0.3) is 0 Å². The van der Waals surface area contributed by atoms with Gasteiger partial charge in [-0.25, -0.2) is 4.79 Å². The lowest BCUT2D eigenvalue weighted by Crippen LogP contribution is -2.43. The molecule has 1 atom stereocenters. The zero-order valence-electron chi connectivity index (χ0n) is 23.4. The number of ether oxygens (including phenoxy) is 3. The highest BCUT2D eigenvalue weighted by atomic mass is 16.6. The van der Waals surface area contributed by atoms with E-state index in [1.807, 2.05) is 30.3 Å².